The lowest BCUT2D eigenvalue weighted by Crippen LogP contribution is -2.36. The Morgan fingerprint density at radius 2 is 1.96 bits per heavy atom. The molecular formula is C18H19ClN2O5. The van der Waals surface area contributed by atoms with Gasteiger partial charge in [-0.2, -0.15) is 0 Å². The molecule has 0 atom stereocenters. The first-order valence-corrected chi connectivity index (χ1v) is 8.37. The van der Waals surface area contributed by atoms with Gasteiger partial charge in [0.1, 0.15) is 12.3 Å². The van der Waals surface area contributed by atoms with Gasteiger partial charge in [-0.05, 0) is 37.6 Å². The van der Waals surface area contributed by atoms with Crippen LogP contribution in [0.2, 0.25) is 5.02 Å². The Hall–Kier alpha value is -2.80. The number of halogens is 1. The summed E-state index contributed by atoms with van der Waals surface area (Å²) >= 11 is 6.00. The number of benzene rings is 1. The fourth-order valence-electron chi connectivity index (χ4n) is 2.47. The Bertz CT molecular complexity index is 831. The van der Waals surface area contributed by atoms with Gasteiger partial charge in [-0.15, -0.1) is 0 Å². The number of nitrogens with zero attached hydrogens (tertiary/aromatic N) is 1. The van der Waals surface area contributed by atoms with Crippen molar-refractivity contribution in [3.8, 4) is 0 Å². The number of rotatable bonds is 7. The average molecular weight is 379 g/mol. The largest absolute Gasteiger partial charge is 0.480 e. The minimum atomic E-state index is -1.11. The maximum Gasteiger partial charge on any atom is 0.323 e. The van der Waals surface area contributed by atoms with E-state index in [1.54, 1.807) is 6.92 Å². The molecule has 138 valence electrons. The number of furan rings is 1. The van der Waals surface area contributed by atoms with E-state index in [4.69, 9.17) is 21.1 Å². The monoisotopic (exact) mass is 378 g/mol. The first-order valence-electron chi connectivity index (χ1n) is 7.99. The van der Waals surface area contributed by atoms with Crippen LogP contribution in [0, 0.1) is 6.92 Å². The molecule has 2 rings (SSSR count). The van der Waals surface area contributed by atoms with Crippen LogP contribution in [0.1, 0.15) is 39.8 Å². The summed E-state index contributed by atoms with van der Waals surface area (Å²) in [6, 6.07) is 5.95. The van der Waals surface area contributed by atoms with E-state index in [1.165, 1.54) is 35.4 Å². The Morgan fingerprint density at radius 1 is 1.23 bits per heavy atom. The SMILES string of the molecule is CCCN(CC(=O)O)C(=O)c1ccc(Cl)cc1NC(=O)c1ccoc1C. The van der Waals surface area contributed by atoms with Crippen molar-refractivity contribution in [1.29, 1.82) is 0 Å². The quantitative estimate of drug-likeness (QED) is 0.768. The first-order chi connectivity index (χ1) is 12.3. The van der Waals surface area contributed by atoms with Crippen molar-refractivity contribution in [3.63, 3.8) is 0 Å². The number of aryl methyl sites for hydroxylation is 1. The van der Waals surface area contributed by atoms with Crippen LogP contribution >= 0.6 is 11.6 Å². The molecule has 0 aliphatic heterocycles. The van der Waals surface area contributed by atoms with Crippen LogP contribution in [-0.2, 0) is 4.79 Å². The lowest BCUT2D eigenvalue weighted by Gasteiger charge is -2.21. The number of hydrogen-bond acceptors (Lipinski definition) is 4. The summed E-state index contributed by atoms with van der Waals surface area (Å²) in [7, 11) is 0. The molecule has 0 fully saturated rings. The van der Waals surface area contributed by atoms with Gasteiger partial charge in [0, 0.05) is 11.6 Å². The Balaban J connectivity index is 2.34. The van der Waals surface area contributed by atoms with E-state index >= 15 is 0 Å². The standard InChI is InChI=1S/C18H19ClN2O5/c1-3-7-21(10-16(22)23)18(25)14-5-4-12(19)9-15(14)20-17(24)13-6-8-26-11(13)2/h4-6,8-9H,3,7,10H2,1-2H3,(H,20,24)(H,22,23). The molecule has 7 nitrogen and oxygen atoms in total. The highest BCUT2D eigenvalue weighted by atomic mass is 35.5. The van der Waals surface area contributed by atoms with Gasteiger partial charge in [0.05, 0.1) is 23.1 Å². The average Bonchev–Trinajstić information content (AvgIpc) is 3.00. The number of hydrogen-bond donors (Lipinski definition) is 2. The maximum absolute atomic E-state index is 12.8. The molecule has 2 N–H and O–H groups in total. The number of carbonyl (C=O) groups excluding carboxylic acids is 2. The van der Waals surface area contributed by atoms with Crippen LogP contribution in [0.3, 0.4) is 0 Å². The lowest BCUT2D eigenvalue weighted by molar-refractivity contribution is -0.137. The van der Waals surface area contributed by atoms with Crippen LogP contribution in [0.5, 0.6) is 0 Å². The molecule has 1 aromatic carbocycles. The van der Waals surface area contributed by atoms with E-state index in [9.17, 15) is 14.4 Å². The third kappa shape index (κ3) is 4.64. The third-order valence-corrected chi connectivity index (χ3v) is 3.91. The number of carboxylic acid groups (broad SMARTS) is 1. The predicted octanol–water partition coefficient (Wildman–Crippen LogP) is 3.43. The highest BCUT2D eigenvalue weighted by molar-refractivity contribution is 6.31. The van der Waals surface area contributed by atoms with Crippen LogP contribution < -0.4 is 5.32 Å². The second-order valence-electron chi connectivity index (χ2n) is 5.65. The summed E-state index contributed by atoms with van der Waals surface area (Å²) in [5.41, 5.74) is 0.706. The Kier molecular flexibility index (Phi) is 6.41. The summed E-state index contributed by atoms with van der Waals surface area (Å²) in [6.45, 7) is 3.34. The number of nitrogens with one attached hydrogen (secondary N) is 1. The topological polar surface area (TPSA) is 99.9 Å². The van der Waals surface area contributed by atoms with Gasteiger partial charge in [-0.25, -0.2) is 0 Å². The van der Waals surface area contributed by atoms with Crippen LogP contribution in [-0.4, -0.2) is 40.9 Å². The van der Waals surface area contributed by atoms with Crippen molar-refractivity contribution in [2.24, 2.45) is 0 Å². The van der Waals surface area contributed by atoms with Crippen LogP contribution in [0.25, 0.3) is 0 Å². The molecule has 8 heteroatoms. The minimum absolute atomic E-state index is 0.165. The minimum Gasteiger partial charge on any atom is -0.480 e. The molecule has 26 heavy (non-hydrogen) atoms. The number of carboxylic acids is 1. The Morgan fingerprint density at radius 3 is 2.54 bits per heavy atom. The highest BCUT2D eigenvalue weighted by Crippen LogP contribution is 2.24. The molecule has 1 heterocycles. The molecule has 0 spiro atoms. The molecule has 2 aromatic rings. The van der Waals surface area contributed by atoms with E-state index in [1.807, 2.05) is 6.92 Å². The van der Waals surface area contributed by atoms with Gasteiger partial charge in [0.15, 0.2) is 0 Å². The molecule has 2 amide bonds. The van der Waals surface area contributed by atoms with Gasteiger partial charge in [-0.1, -0.05) is 18.5 Å². The second kappa shape index (κ2) is 8.53. The first kappa shape index (κ1) is 19.5. The summed E-state index contributed by atoms with van der Waals surface area (Å²) in [6.07, 6.45) is 1.99. The Labute approximate surface area is 155 Å². The number of aliphatic carboxylic acids is 1. The zero-order valence-electron chi connectivity index (χ0n) is 14.4. The molecule has 0 bridgehead atoms. The summed E-state index contributed by atoms with van der Waals surface area (Å²) in [5.74, 6) is -1.62. The van der Waals surface area contributed by atoms with Crippen molar-refractivity contribution >= 4 is 35.1 Å². The number of anilines is 1. The van der Waals surface area contributed by atoms with E-state index in [0.29, 0.717) is 22.8 Å². The fraction of sp³-hybridized carbons (Fsp3) is 0.278. The summed E-state index contributed by atoms with van der Waals surface area (Å²) < 4.78 is 5.11. The second-order valence-corrected chi connectivity index (χ2v) is 6.09. The smallest absolute Gasteiger partial charge is 0.323 e. The molecule has 0 radical (unpaired) electrons. The van der Waals surface area contributed by atoms with Crippen molar-refractivity contribution in [2.45, 2.75) is 20.3 Å². The van der Waals surface area contributed by atoms with Gasteiger partial charge in [-0.3, -0.25) is 14.4 Å². The van der Waals surface area contributed by atoms with Gasteiger partial charge in [0.2, 0.25) is 0 Å². The zero-order valence-corrected chi connectivity index (χ0v) is 15.2. The van der Waals surface area contributed by atoms with E-state index in [2.05, 4.69) is 5.32 Å². The van der Waals surface area contributed by atoms with E-state index in [-0.39, 0.29) is 17.8 Å². The normalized spacial score (nSPS) is 10.4. The zero-order chi connectivity index (χ0) is 19.3. The molecule has 0 aliphatic rings. The molecule has 1 aromatic heterocycles. The van der Waals surface area contributed by atoms with E-state index < -0.39 is 24.3 Å². The molecular weight excluding hydrogens is 360 g/mol. The van der Waals surface area contributed by atoms with Crippen molar-refractivity contribution < 1.29 is 23.9 Å². The summed E-state index contributed by atoms with van der Waals surface area (Å²) in [4.78, 5) is 37.5. The molecule has 0 unspecified atom stereocenters. The lowest BCUT2D eigenvalue weighted by atomic mass is 10.1. The van der Waals surface area contributed by atoms with Crippen LogP contribution in [0.15, 0.2) is 34.9 Å². The maximum atomic E-state index is 12.8. The molecule has 0 saturated carbocycles. The molecule has 0 saturated heterocycles. The van der Waals surface area contributed by atoms with Gasteiger partial charge >= 0.3 is 5.97 Å². The summed E-state index contributed by atoms with van der Waals surface area (Å²) in [5, 5.41) is 12.0. The number of carbonyl (C=O) groups is 3. The molecule has 0 aliphatic carbocycles. The highest BCUT2D eigenvalue weighted by Gasteiger charge is 2.22. The van der Waals surface area contributed by atoms with E-state index in [0.717, 1.165) is 0 Å². The van der Waals surface area contributed by atoms with Gasteiger partial charge in [0.25, 0.3) is 11.8 Å². The number of amides is 2. The van der Waals surface area contributed by atoms with Crippen molar-refractivity contribution in [2.75, 3.05) is 18.4 Å². The predicted molar refractivity (Wildman–Crippen MR) is 96.7 cm³/mol. The van der Waals surface area contributed by atoms with Crippen LogP contribution in [0.4, 0.5) is 5.69 Å². The van der Waals surface area contributed by atoms with Crippen molar-refractivity contribution in [3.05, 3.63) is 52.4 Å². The fourth-order valence-corrected chi connectivity index (χ4v) is 2.64. The van der Waals surface area contributed by atoms with Crippen molar-refractivity contribution in [1.82, 2.24) is 4.90 Å². The third-order valence-electron chi connectivity index (χ3n) is 3.67. The van der Waals surface area contributed by atoms with Gasteiger partial charge < -0.3 is 19.7 Å².